The maximum absolute atomic E-state index is 11.3. The molecule has 17 heteroatoms. The average Bonchev–Trinajstić information content (AvgIpc) is 3.10. The van der Waals surface area contributed by atoms with Crippen molar-refractivity contribution < 1.29 is 59.3 Å². The molecule has 2 fully saturated rings. The fourth-order valence-corrected chi connectivity index (χ4v) is 4.20. The summed E-state index contributed by atoms with van der Waals surface area (Å²) >= 11 is 0. The largest absolute Gasteiger partial charge is 0.490 e. The smallest absolute Gasteiger partial charge is 0.475 e. The summed E-state index contributed by atoms with van der Waals surface area (Å²) in [5.74, 6) is -5.51. The molecule has 0 radical (unpaired) electrons. The van der Waals surface area contributed by atoms with E-state index in [0.717, 1.165) is 38.9 Å². The van der Waals surface area contributed by atoms with Gasteiger partial charge in [-0.05, 0) is 30.9 Å². The molecule has 1 aromatic heterocycles. The number of piperidine rings is 1. The Kier molecular flexibility index (Phi) is 11.1. The zero-order valence-electron chi connectivity index (χ0n) is 18.8. The second-order valence-corrected chi connectivity index (χ2v) is 9.81. The number of likely N-dealkylation sites (tertiary alicyclic amines) is 1. The van der Waals surface area contributed by atoms with E-state index in [9.17, 15) is 34.8 Å². The number of hydrogen-bond acceptors (Lipinski definition) is 7. The lowest BCUT2D eigenvalue weighted by molar-refractivity contribution is -0.193. The van der Waals surface area contributed by atoms with Crippen molar-refractivity contribution in [2.75, 3.05) is 26.0 Å². The highest BCUT2D eigenvalue weighted by Crippen LogP contribution is 2.36. The van der Waals surface area contributed by atoms with Crippen LogP contribution in [0.2, 0.25) is 0 Å². The van der Waals surface area contributed by atoms with E-state index in [0.29, 0.717) is 6.61 Å². The van der Waals surface area contributed by atoms with E-state index >= 15 is 0 Å². The molecule has 1 atom stereocenters. The molecule has 0 aliphatic carbocycles. The molecule has 0 amide bonds. The molecule has 206 valence electrons. The van der Waals surface area contributed by atoms with Crippen molar-refractivity contribution in [3.8, 4) is 0 Å². The molecular weight excluding hydrogens is 528 g/mol. The molecule has 3 N–H and O–H groups in total. The van der Waals surface area contributed by atoms with Gasteiger partial charge in [0.1, 0.15) is 0 Å². The molecule has 10 nitrogen and oxygen atoms in total. The van der Waals surface area contributed by atoms with Gasteiger partial charge in [0.05, 0.1) is 18.5 Å². The lowest BCUT2D eigenvalue weighted by atomic mass is 9.87. The summed E-state index contributed by atoms with van der Waals surface area (Å²) in [5.41, 5.74) is 1.08. The Morgan fingerprint density at radius 2 is 1.64 bits per heavy atom. The van der Waals surface area contributed by atoms with Gasteiger partial charge < -0.3 is 14.9 Å². The lowest BCUT2D eigenvalue weighted by Gasteiger charge is -2.38. The second kappa shape index (κ2) is 12.6. The number of halogens is 6. The third-order valence-corrected chi connectivity index (χ3v) is 5.73. The molecule has 0 saturated carbocycles. The third-order valence-electron chi connectivity index (χ3n) is 4.97. The van der Waals surface area contributed by atoms with Gasteiger partial charge in [0, 0.05) is 38.1 Å². The van der Waals surface area contributed by atoms with E-state index in [2.05, 4.69) is 20.7 Å². The predicted molar refractivity (Wildman–Crippen MR) is 111 cm³/mol. The van der Waals surface area contributed by atoms with E-state index < -0.39 is 34.3 Å². The van der Waals surface area contributed by atoms with Crippen molar-refractivity contribution in [2.24, 2.45) is 0 Å². The maximum atomic E-state index is 11.3. The number of carboxylic acids is 2. The Bertz CT molecular complexity index is 942. The monoisotopic (exact) mass is 553 g/mol. The maximum Gasteiger partial charge on any atom is 0.490 e. The van der Waals surface area contributed by atoms with Gasteiger partial charge in [-0.25, -0.2) is 22.7 Å². The number of pyridine rings is 1. The van der Waals surface area contributed by atoms with Crippen molar-refractivity contribution in [1.82, 2.24) is 14.6 Å². The SMILES string of the molecule is CS(=O)(=O)NC1COC2(CCN(Cc3cccnc3)CC2)C1.O=C(O)C(F)(F)F.O=C(O)C(F)(F)F. The summed E-state index contributed by atoms with van der Waals surface area (Å²) in [4.78, 5) is 24.3. The fraction of sp³-hybridized carbons (Fsp3) is 0.632. The Hall–Kier alpha value is -2.50. The summed E-state index contributed by atoms with van der Waals surface area (Å²) in [6.07, 6.45) is -2.59. The molecule has 36 heavy (non-hydrogen) atoms. The van der Waals surface area contributed by atoms with Crippen LogP contribution in [0.25, 0.3) is 0 Å². The van der Waals surface area contributed by atoms with E-state index in [1.807, 2.05) is 12.3 Å². The van der Waals surface area contributed by atoms with Crippen molar-refractivity contribution in [1.29, 1.82) is 0 Å². The van der Waals surface area contributed by atoms with Gasteiger partial charge in [-0.15, -0.1) is 0 Å². The summed E-state index contributed by atoms with van der Waals surface area (Å²) in [5, 5.41) is 14.2. The van der Waals surface area contributed by atoms with E-state index in [4.69, 9.17) is 24.5 Å². The third kappa shape index (κ3) is 12.0. The minimum Gasteiger partial charge on any atom is -0.475 e. The van der Waals surface area contributed by atoms with Crippen LogP contribution in [0.5, 0.6) is 0 Å². The quantitative estimate of drug-likeness (QED) is 0.477. The molecule has 2 saturated heterocycles. The highest BCUT2D eigenvalue weighted by Gasteiger charge is 2.43. The van der Waals surface area contributed by atoms with Crippen LogP contribution in [0.1, 0.15) is 24.8 Å². The molecule has 3 rings (SSSR count). The number of nitrogens with zero attached hydrogens (tertiary/aromatic N) is 2. The van der Waals surface area contributed by atoms with Gasteiger partial charge in [-0.2, -0.15) is 26.3 Å². The van der Waals surface area contributed by atoms with E-state index in [1.165, 1.54) is 11.8 Å². The number of sulfonamides is 1. The number of ether oxygens (including phenoxy) is 1. The topological polar surface area (TPSA) is 146 Å². The highest BCUT2D eigenvalue weighted by atomic mass is 32.2. The molecule has 2 aliphatic rings. The number of alkyl halides is 6. The summed E-state index contributed by atoms with van der Waals surface area (Å²) in [7, 11) is -3.16. The molecule has 0 aromatic carbocycles. The molecule has 1 spiro atoms. The standard InChI is InChI=1S/C15H23N3O3S.2C2HF3O2/c1-22(19,20)17-14-9-15(21-12-14)4-7-18(8-5-15)11-13-3-2-6-16-10-13;2*3-2(4,5)1(6)7/h2-3,6,10,14,17H,4-5,7-9,11-12H2,1H3;2*(H,6,7). The first kappa shape index (κ1) is 31.5. The number of nitrogens with one attached hydrogen (secondary N) is 1. The van der Waals surface area contributed by atoms with Gasteiger partial charge in [-0.1, -0.05) is 6.07 Å². The van der Waals surface area contributed by atoms with Gasteiger partial charge in [-0.3, -0.25) is 9.88 Å². The first-order valence-corrected chi connectivity index (χ1v) is 12.0. The lowest BCUT2D eigenvalue weighted by Crippen LogP contribution is -2.44. The molecule has 1 aromatic rings. The van der Waals surface area contributed by atoms with Crippen LogP contribution in [0.3, 0.4) is 0 Å². The van der Waals surface area contributed by atoms with Gasteiger partial charge >= 0.3 is 24.3 Å². The normalized spacial score (nSPS) is 20.0. The number of aliphatic carboxylic acids is 2. The van der Waals surface area contributed by atoms with Crippen LogP contribution in [0.4, 0.5) is 26.3 Å². The summed E-state index contributed by atoms with van der Waals surface area (Å²) < 4.78 is 94.8. The summed E-state index contributed by atoms with van der Waals surface area (Å²) in [6, 6.07) is 3.97. The Morgan fingerprint density at radius 3 is 2.03 bits per heavy atom. The molecular formula is C19H25F6N3O7S. The van der Waals surface area contributed by atoms with Crippen molar-refractivity contribution in [2.45, 2.75) is 49.8 Å². The Morgan fingerprint density at radius 1 is 1.14 bits per heavy atom. The van der Waals surface area contributed by atoms with Crippen LogP contribution >= 0.6 is 0 Å². The number of carbonyl (C=O) groups is 2. The molecule has 0 bridgehead atoms. The van der Waals surface area contributed by atoms with Crippen LogP contribution in [0.15, 0.2) is 24.5 Å². The zero-order chi connectivity index (χ0) is 27.8. The van der Waals surface area contributed by atoms with Crippen molar-refractivity contribution in [3.63, 3.8) is 0 Å². The zero-order valence-corrected chi connectivity index (χ0v) is 19.7. The molecule has 1 unspecified atom stereocenters. The minimum atomic E-state index is -5.08. The van der Waals surface area contributed by atoms with Gasteiger partial charge in [0.2, 0.25) is 10.0 Å². The Labute approximate surface area is 202 Å². The molecule has 3 heterocycles. The first-order valence-electron chi connectivity index (χ1n) is 10.2. The summed E-state index contributed by atoms with van der Waals surface area (Å²) in [6.45, 7) is 3.34. The fourth-order valence-electron chi connectivity index (χ4n) is 3.44. The number of carboxylic acid groups (broad SMARTS) is 2. The van der Waals surface area contributed by atoms with Crippen LogP contribution < -0.4 is 4.72 Å². The minimum absolute atomic E-state index is 0.0835. The van der Waals surface area contributed by atoms with Crippen molar-refractivity contribution >= 4 is 22.0 Å². The van der Waals surface area contributed by atoms with Gasteiger partial charge in [0.25, 0.3) is 0 Å². The van der Waals surface area contributed by atoms with Crippen LogP contribution in [-0.2, 0) is 30.9 Å². The Balaban J connectivity index is 0.000000383. The highest BCUT2D eigenvalue weighted by molar-refractivity contribution is 7.88. The van der Waals surface area contributed by atoms with E-state index in [1.54, 1.807) is 6.20 Å². The second-order valence-electron chi connectivity index (χ2n) is 8.03. The first-order chi connectivity index (χ1) is 16.3. The predicted octanol–water partition coefficient (Wildman–Crippen LogP) is 2.02. The molecule has 2 aliphatic heterocycles. The number of rotatable bonds is 4. The number of aromatic nitrogens is 1. The van der Waals surface area contributed by atoms with E-state index in [-0.39, 0.29) is 11.6 Å². The van der Waals surface area contributed by atoms with Crippen molar-refractivity contribution in [3.05, 3.63) is 30.1 Å². The van der Waals surface area contributed by atoms with Crippen LogP contribution in [-0.4, -0.2) is 90.4 Å². The average molecular weight is 553 g/mol. The number of hydrogen-bond donors (Lipinski definition) is 3. The van der Waals surface area contributed by atoms with Gasteiger partial charge in [0.15, 0.2) is 0 Å². The van der Waals surface area contributed by atoms with Crippen LogP contribution in [0, 0.1) is 0 Å².